The lowest BCUT2D eigenvalue weighted by molar-refractivity contribution is -0.134. The Kier molecular flexibility index (Phi) is 21.6. The summed E-state index contributed by atoms with van der Waals surface area (Å²) >= 11 is 0. The van der Waals surface area contributed by atoms with Gasteiger partial charge in [-0.3, -0.25) is 0 Å². The molecule has 0 saturated carbocycles. The molecule has 0 saturated heterocycles. The summed E-state index contributed by atoms with van der Waals surface area (Å²) in [5.74, 6) is -5.35. The molecule has 0 atom stereocenters. The van der Waals surface area contributed by atoms with Gasteiger partial charge in [0, 0.05) is 11.6 Å². The van der Waals surface area contributed by atoms with Crippen LogP contribution in [0.15, 0.2) is 273 Å². The van der Waals surface area contributed by atoms with E-state index in [4.69, 9.17) is 20.4 Å². The maximum atomic E-state index is 13.9. The molecule has 0 spiro atoms. The smallest absolute Gasteiger partial charge is 0.365 e. The number of halogens is 1. The van der Waals surface area contributed by atoms with E-state index >= 15 is 0 Å². The van der Waals surface area contributed by atoms with Crippen LogP contribution >= 0.6 is 0 Å². The highest BCUT2D eigenvalue weighted by molar-refractivity contribution is 6.01. The summed E-state index contributed by atoms with van der Waals surface area (Å²) in [7, 11) is 0. The summed E-state index contributed by atoms with van der Waals surface area (Å²) in [6, 6.07) is 81.9. The van der Waals surface area contributed by atoms with Crippen LogP contribution in [0.3, 0.4) is 0 Å². The van der Waals surface area contributed by atoms with Crippen molar-refractivity contribution in [3.05, 3.63) is 312 Å². The van der Waals surface area contributed by atoms with Gasteiger partial charge in [0.2, 0.25) is 5.83 Å². The molecule has 0 unspecified atom stereocenters. The van der Waals surface area contributed by atoms with Gasteiger partial charge in [0.25, 0.3) is 0 Å². The lowest BCUT2D eigenvalue weighted by atomic mass is 9.90. The fourth-order valence-corrected chi connectivity index (χ4v) is 11.1. The van der Waals surface area contributed by atoms with E-state index < -0.39 is 29.7 Å². The molecule has 0 heterocycles. The Balaban J connectivity index is 0.000000145. The van der Waals surface area contributed by atoms with E-state index in [1.54, 1.807) is 55.5 Å². The highest BCUT2D eigenvalue weighted by Gasteiger charge is 2.16. The average molecular weight is 1200 g/mol. The van der Waals surface area contributed by atoms with Crippen LogP contribution < -0.4 is 0 Å². The molecule has 12 aromatic carbocycles. The molecule has 0 aliphatic carbocycles. The maximum absolute atomic E-state index is 13.9. The van der Waals surface area contributed by atoms with Crippen LogP contribution in [0.25, 0.3) is 99.2 Å². The molecule has 0 aromatic heterocycles. The summed E-state index contributed by atoms with van der Waals surface area (Å²) in [4.78, 5) is 43.7. The Morgan fingerprint density at radius 3 is 1.60 bits per heavy atom. The minimum absolute atomic E-state index is 0.213. The van der Waals surface area contributed by atoms with Gasteiger partial charge in [-0.25, -0.2) is 19.2 Å². The predicted molar refractivity (Wildman–Crippen MR) is 371 cm³/mol. The van der Waals surface area contributed by atoms with Gasteiger partial charge in [0.1, 0.15) is 0 Å². The average Bonchev–Trinajstić information content (AvgIpc) is 0.912. The van der Waals surface area contributed by atoms with Gasteiger partial charge in [-0.05, 0) is 197 Å². The number of hydrogen-bond acceptors (Lipinski definition) is 4. The van der Waals surface area contributed by atoms with Gasteiger partial charge >= 0.3 is 23.9 Å². The fourth-order valence-electron chi connectivity index (χ4n) is 11.1. The van der Waals surface area contributed by atoms with E-state index in [9.17, 15) is 23.6 Å². The highest BCUT2D eigenvalue weighted by Crippen LogP contribution is 2.36. The second-order valence-electron chi connectivity index (χ2n) is 22.0. The minimum atomic E-state index is -1.53. The third kappa shape index (κ3) is 16.3. The number of carboxylic acid groups (broad SMARTS) is 4. The number of carbonyl (C=O) groups is 4. The van der Waals surface area contributed by atoms with Crippen LogP contribution in [0, 0.1) is 13.8 Å². The fraction of sp³-hybridized carbons (Fsp3) is 0.0976. The van der Waals surface area contributed by atoms with Gasteiger partial charge < -0.3 is 20.4 Å². The zero-order valence-electron chi connectivity index (χ0n) is 51.1. The van der Waals surface area contributed by atoms with Crippen LogP contribution in [0.2, 0.25) is 0 Å². The van der Waals surface area contributed by atoms with Crippen LogP contribution in [0.4, 0.5) is 4.39 Å². The van der Waals surface area contributed by atoms with Crippen LogP contribution in [-0.4, -0.2) is 44.3 Å². The standard InChI is InChI=1S/C26H26O2.C21H17FO2.C18H14O2.C17H12O2/c1-3-4-10-21-16-15-20(9-5-8-13-26(27)28)18-25(21)24-17-14-19(2)22-11-6-7-12-23(22)24;1-2-17(20(22)21(23)24)15-9-5-10-16(13-15)19-12-6-8-14-7-3-4-11-18(14)19;1-12-6-7-16(18(19)20)11-17(12)15-9-8-13-4-2-3-5-14(13)10-15;18-17(19)16-7-3-6-14(11-16)15-9-8-12-4-1-2-5-13(12)10-15/h5-9,11-18H,3-4,10H2,1-2H3,(H,27,28);3-13H,2H2,1H3,(H,23,24);2-11H,1H3,(H,19,20);1-11H,(H,18,19)/b9-5+,13-8+;20-17-;;. The van der Waals surface area contributed by atoms with Crippen molar-refractivity contribution in [2.45, 2.75) is 53.4 Å². The maximum Gasteiger partial charge on any atom is 0.365 e. The summed E-state index contributed by atoms with van der Waals surface area (Å²) in [5, 5.41) is 45.3. The number of benzene rings is 12. The SMILES string of the molecule is CC/C(=C(/F)C(=O)O)c1cccc(-c2cccc3ccccc23)c1.CCCCc1ccc(/C=C/C=C/C(=O)O)cc1-c1ccc(C)c2ccccc12.Cc1ccc(C(=O)O)cc1-c1ccc2ccccc2c1.O=C(O)c1cccc(-c2ccc3ccccc3c2)c1. The van der Waals surface area contributed by atoms with Gasteiger partial charge in [-0.15, -0.1) is 0 Å². The molecule has 4 N–H and O–H groups in total. The molecule has 12 aromatic rings. The number of fused-ring (bicyclic) bond motifs is 4. The van der Waals surface area contributed by atoms with E-state index in [1.807, 2.05) is 122 Å². The van der Waals surface area contributed by atoms with Crippen molar-refractivity contribution < 1.29 is 44.0 Å². The topological polar surface area (TPSA) is 149 Å². The Hall–Kier alpha value is -11.3. The molecule has 0 fully saturated rings. The molecule has 0 bridgehead atoms. The highest BCUT2D eigenvalue weighted by atomic mass is 19.1. The van der Waals surface area contributed by atoms with Gasteiger partial charge in [-0.1, -0.05) is 239 Å². The first-order valence-corrected chi connectivity index (χ1v) is 30.2. The van der Waals surface area contributed by atoms with Crippen molar-refractivity contribution >= 4 is 78.6 Å². The molecule has 8 nitrogen and oxygen atoms in total. The summed E-state index contributed by atoms with van der Waals surface area (Å²) in [6.07, 6.45) is 10.1. The molecule has 0 aliphatic rings. The number of carboxylic acids is 4. The van der Waals surface area contributed by atoms with Crippen molar-refractivity contribution in [2.24, 2.45) is 0 Å². The normalized spacial score (nSPS) is 11.3. The van der Waals surface area contributed by atoms with E-state index in [0.29, 0.717) is 23.1 Å². The third-order valence-corrected chi connectivity index (χ3v) is 15.9. The number of aromatic carboxylic acids is 2. The Morgan fingerprint density at radius 2 is 0.945 bits per heavy atom. The summed E-state index contributed by atoms with van der Waals surface area (Å²) in [5.41, 5.74) is 14.7. The van der Waals surface area contributed by atoms with Crippen molar-refractivity contribution in [3.63, 3.8) is 0 Å². The second-order valence-corrected chi connectivity index (χ2v) is 22.0. The lowest BCUT2D eigenvalue weighted by Gasteiger charge is -2.15. The van der Waals surface area contributed by atoms with Crippen LogP contribution in [0.1, 0.15) is 81.6 Å². The van der Waals surface area contributed by atoms with E-state index in [1.165, 1.54) is 43.8 Å². The molecule has 0 amide bonds. The first-order chi connectivity index (χ1) is 44.1. The number of aliphatic carboxylic acids is 2. The number of rotatable bonds is 15. The second kappa shape index (κ2) is 30.6. The first kappa shape index (κ1) is 64.2. The number of allylic oxidation sites excluding steroid dienone is 3. The zero-order chi connectivity index (χ0) is 64.4. The monoisotopic (exact) mass is 1200 g/mol. The van der Waals surface area contributed by atoms with E-state index in [2.05, 4.69) is 117 Å². The first-order valence-electron chi connectivity index (χ1n) is 30.2. The number of aryl methyl sites for hydroxylation is 3. The Morgan fingerprint density at radius 1 is 0.407 bits per heavy atom. The lowest BCUT2D eigenvalue weighted by Crippen LogP contribution is -1.99. The van der Waals surface area contributed by atoms with E-state index in [-0.39, 0.29) is 5.57 Å². The van der Waals surface area contributed by atoms with Crippen LogP contribution in [-0.2, 0) is 16.0 Å². The summed E-state index contributed by atoms with van der Waals surface area (Å²) < 4.78 is 13.9. The molecular formula is C82H69FO8. The molecule has 0 aliphatic heterocycles. The third-order valence-electron chi connectivity index (χ3n) is 15.9. The van der Waals surface area contributed by atoms with Crippen LogP contribution in [0.5, 0.6) is 0 Å². The molecular weight excluding hydrogens is 1130 g/mol. The van der Waals surface area contributed by atoms with Crippen molar-refractivity contribution in [2.75, 3.05) is 0 Å². The zero-order valence-corrected chi connectivity index (χ0v) is 51.1. The quantitative estimate of drug-likeness (QED) is 0.0586. The molecule has 0 radical (unpaired) electrons. The molecule has 12 rings (SSSR count). The molecule has 9 heteroatoms. The van der Waals surface area contributed by atoms with Gasteiger partial charge in [0.05, 0.1) is 11.1 Å². The van der Waals surface area contributed by atoms with Crippen molar-refractivity contribution in [1.29, 1.82) is 0 Å². The minimum Gasteiger partial charge on any atom is -0.478 e. The Labute approximate surface area is 529 Å². The predicted octanol–water partition coefficient (Wildman–Crippen LogP) is 21.2. The largest absolute Gasteiger partial charge is 0.478 e. The molecule has 91 heavy (non-hydrogen) atoms. The Bertz CT molecular complexity index is 4740. The van der Waals surface area contributed by atoms with Gasteiger partial charge in [-0.2, -0.15) is 4.39 Å². The van der Waals surface area contributed by atoms with E-state index in [0.717, 1.165) is 91.4 Å². The van der Waals surface area contributed by atoms with Crippen molar-refractivity contribution in [3.8, 4) is 44.5 Å². The summed E-state index contributed by atoms with van der Waals surface area (Å²) in [6.45, 7) is 8.11. The number of hydrogen-bond donors (Lipinski definition) is 4. The number of unbranched alkanes of at least 4 members (excludes halogenated alkanes) is 1. The van der Waals surface area contributed by atoms with Crippen molar-refractivity contribution in [1.82, 2.24) is 0 Å². The van der Waals surface area contributed by atoms with Gasteiger partial charge in [0.15, 0.2) is 0 Å². The molecule has 452 valence electrons.